The van der Waals surface area contributed by atoms with Gasteiger partial charge in [0.05, 0.1) is 0 Å². The van der Waals surface area contributed by atoms with Crippen LogP contribution >= 0.6 is 0 Å². The molecule has 3 nitrogen and oxygen atoms in total. The number of halogens is 5. The van der Waals surface area contributed by atoms with E-state index in [2.05, 4.69) is 0 Å². The normalized spacial score (nSPS) is 25.2. The van der Waals surface area contributed by atoms with E-state index in [1.165, 1.54) is 6.92 Å². The average molecular weight is 288 g/mol. The number of rotatable bonds is 3. The molecule has 0 unspecified atom stereocenters. The molecule has 0 spiro atoms. The van der Waals surface area contributed by atoms with Gasteiger partial charge in [0.15, 0.2) is 0 Å². The molecular weight excluding hydrogens is 271 g/mol. The van der Waals surface area contributed by atoms with Crippen molar-refractivity contribution in [3.05, 3.63) is 0 Å². The van der Waals surface area contributed by atoms with E-state index in [0.29, 0.717) is 30.6 Å². The minimum atomic E-state index is -5.86. The minimum absolute atomic E-state index is 0.0758. The zero-order valence-corrected chi connectivity index (χ0v) is 10.5. The Labute approximate surface area is 107 Å². The molecule has 1 rings (SSSR count). The molecule has 0 atom stereocenters. The number of carbonyl (C=O) groups is 1. The standard InChI is InChI=1S/C11H17F5N2O/c1-2-18(8-5-3-7(17)4-6-8)9(19)10(12,13)11(14,15)16/h7-8H,2-6,17H2,1H3. The summed E-state index contributed by atoms with van der Waals surface area (Å²) in [5.41, 5.74) is 5.64. The van der Waals surface area contributed by atoms with E-state index in [9.17, 15) is 26.7 Å². The van der Waals surface area contributed by atoms with Gasteiger partial charge in [-0.05, 0) is 32.6 Å². The third-order valence-corrected chi connectivity index (χ3v) is 3.41. The number of hydrogen-bond acceptors (Lipinski definition) is 2. The minimum Gasteiger partial charge on any atom is -0.334 e. The predicted octanol–water partition coefficient (Wildman–Crippen LogP) is 2.30. The Morgan fingerprint density at radius 3 is 2.00 bits per heavy atom. The molecular formula is C11H17F5N2O. The summed E-state index contributed by atoms with van der Waals surface area (Å²) < 4.78 is 62.7. The van der Waals surface area contributed by atoms with Crippen LogP contribution in [-0.2, 0) is 4.79 Å². The second-order valence-electron chi connectivity index (χ2n) is 4.73. The molecule has 1 amide bonds. The van der Waals surface area contributed by atoms with Gasteiger partial charge in [0, 0.05) is 18.6 Å². The van der Waals surface area contributed by atoms with Crippen LogP contribution in [-0.4, -0.2) is 41.5 Å². The lowest BCUT2D eigenvalue weighted by Crippen LogP contribution is -2.55. The highest BCUT2D eigenvalue weighted by atomic mass is 19.4. The molecule has 0 aromatic carbocycles. The molecule has 1 fully saturated rings. The summed E-state index contributed by atoms with van der Waals surface area (Å²) in [5.74, 6) is -7.49. The molecule has 1 aliphatic carbocycles. The Bertz CT molecular complexity index is 324. The van der Waals surface area contributed by atoms with Crippen LogP contribution < -0.4 is 5.73 Å². The van der Waals surface area contributed by atoms with Crippen molar-refractivity contribution >= 4 is 5.91 Å². The van der Waals surface area contributed by atoms with Gasteiger partial charge in [-0.1, -0.05) is 0 Å². The van der Waals surface area contributed by atoms with E-state index in [-0.39, 0.29) is 12.6 Å². The smallest absolute Gasteiger partial charge is 0.334 e. The van der Waals surface area contributed by atoms with Gasteiger partial charge in [-0.3, -0.25) is 4.79 Å². The summed E-state index contributed by atoms with van der Waals surface area (Å²) in [4.78, 5) is 12.1. The van der Waals surface area contributed by atoms with Gasteiger partial charge in [-0.2, -0.15) is 22.0 Å². The van der Waals surface area contributed by atoms with E-state index in [0.717, 1.165) is 0 Å². The maximum atomic E-state index is 13.1. The predicted molar refractivity (Wildman–Crippen MR) is 58.6 cm³/mol. The summed E-state index contributed by atoms with van der Waals surface area (Å²) in [6.45, 7) is 1.21. The van der Waals surface area contributed by atoms with Crippen molar-refractivity contribution in [2.75, 3.05) is 6.54 Å². The zero-order valence-electron chi connectivity index (χ0n) is 10.5. The summed E-state index contributed by atoms with van der Waals surface area (Å²) in [6, 6.07) is -0.668. The Balaban J connectivity index is 2.83. The molecule has 0 aromatic rings. The van der Waals surface area contributed by atoms with Crippen LogP contribution in [0.2, 0.25) is 0 Å². The number of amides is 1. The van der Waals surface area contributed by atoms with Crippen LogP contribution in [0.3, 0.4) is 0 Å². The third kappa shape index (κ3) is 3.34. The Morgan fingerprint density at radius 2 is 1.63 bits per heavy atom. The molecule has 0 saturated heterocycles. The first kappa shape index (κ1) is 16.1. The lowest BCUT2D eigenvalue weighted by molar-refractivity contribution is -0.275. The number of hydrogen-bond donors (Lipinski definition) is 1. The highest BCUT2D eigenvalue weighted by Gasteiger charge is 2.64. The quantitative estimate of drug-likeness (QED) is 0.810. The number of nitrogens with zero attached hydrogens (tertiary/aromatic N) is 1. The van der Waals surface area contributed by atoms with Crippen molar-refractivity contribution in [3.8, 4) is 0 Å². The van der Waals surface area contributed by atoms with Crippen molar-refractivity contribution in [1.82, 2.24) is 4.90 Å². The fraction of sp³-hybridized carbons (Fsp3) is 0.909. The van der Waals surface area contributed by atoms with Gasteiger partial charge >= 0.3 is 18.0 Å². The van der Waals surface area contributed by atoms with Crippen molar-refractivity contribution in [2.24, 2.45) is 5.73 Å². The van der Waals surface area contributed by atoms with Crippen LogP contribution in [0.5, 0.6) is 0 Å². The lowest BCUT2D eigenvalue weighted by atomic mass is 9.90. The van der Waals surface area contributed by atoms with Crippen LogP contribution in [0.4, 0.5) is 22.0 Å². The maximum absolute atomic E-state index is 13.1. The van der Waals surface area contributed by atoms with E-state index >= 15 is 0 Å². The molecule has 0 heterocycles. The van der Waals surface area contributed by atoms with E-state index in [4.69, 9.17) is 5.73 Å². The molecule has 19 heavy (non-hydrogen) atoms. The van der Waals surface area contributed by atoms with E-state index in [1.54, 1.807) is 0 Å². The summed E-state index contributed by atoms with van der Waals surface area (Å²) in [6.07, 6.45) is -4.11. The molecule has 0 aromatic heterocycles. The van der Waals surface area contributed by atoms with Gasteiger partial charge in [0.2, 0.25) is 0 Å². The monoisotopic (exact) mass is 288 g/mol. The second kappa shape index (κ2) is 5.60. The van der Waals surface area contributed by atoms with Crippen LogP contribution in [0, 0.1) is 0 Å². The first-order valence-corrected chi connectivity index (χ1v) is 6.12. The topological polar surface area (TPSA) is 46.3 Å². The molecule has 0 aliphatic heterocycles. The highest BCUT2D eigenvalue weighted by Crippen LogP contribution is 2.38. The van der Waals surface area contributed by atoms with Gasteiger partial charge in [0.25, 0.3) is 0 Å². The first-order chi connectivity index (χ1) is 8.61. The average Bonchev–Trinajstić information content (AvgIpc) is 2.30. The largest absolute Gasteiger partial charge is 0.463 e. The molecule has 1 aliphatic rings. The molecule has 0 bridgehead atoms. The number of alkyl halides is 5. The molecule has 0 radical (unpaired) electrons. The zero-order chi connectivity index (χ0) is 14.8. The molecule has 8 heteroatoms. The summed E-state index contributed by atoms with van der Waals surface area (Å²) >= 11 is 0. The van der Waals surface area contributed by atoms with Crippen LogP contribution in [0.15, 0.2) is 0 Å². The fourth-order valence-corrected chi connectivity index (χ4v) is 2.28. The maximum Gasteiger partial charge on any atom is 0.463 e. The molecule has 1 saturated carbocycles. The number of nitrogens with two attached hydrogens (primary N) is 1. The van der Waals surface area contributed by atoms with E-state index < -0.39 is 24.0 Å². The molecule has 112 valence electrons. The highest BCUT2D eigenvalue weighted by molar-refractivity contribution is 5.84. The van der Waals surface area contributed by atoms with Gasteiger partial charge in [-0.15, -0.1) is 0 Å². The summed E-state index contributed by atoms with van der Waals surface area (Å²) in [5, 5.41) is 0. The SMILES string of the molecule is CCN(C(=O)C(F)(F)C(F)(F)F)C1CCC(N)CC1. The van der Waals surface area contributed by atoms with Crippen molar-refractivity contribution in [1.29, 1.82) is 0 Å². The van der Waals surface area contributed by atoms with E-state index in [1.807, 2.05) is 0 Å². The van der Waals surface area contributed by atoms with Crippen LogP contribution in [0.1, 0.15) is 32.6 Å². The lowest BCUT2D eigenvalue weighted by Gasteiger charge is -2.37. The fourth-order valence-electron chi connectivity index (χ4n) is 2.28. The summed E-state index contributed by atoms with van der Waals surface area (Å²) in [7, 11) is 0. The number of carbonyl (C=O) groups excluding carboxylic acids is 1. The van der Waals surface area contributed by atoms with Crippen LogP contribution in [0.25, 0.3) is 0 Å². The Morgan fingerprint density at radius 1 is 1.16 bits per heavy atom. The van der Waals surface area contributed by atoms with Gasteiger partial charge in [-0.25, -0.2) is 0 Å². The molecule has 2 N–H and O–H groups in total. The first-order valence-electron chi connectivity index (χ1n) is 6.12. The van der Waals surface area contributed by atoms with Crippen molar-refractivity contribution in [3.63, 3.8) is 0 Å². The third-order valence-electron chi connectivity index (χ3n) is 3.41. The Kier molecular flexibility index (Phi) is 4.76. The Hall–Kier alpha value is -0.920. The second-order valence-corrected chi connectivity index (χ2v) is 4.73. The van der Waals surface area contributed by atoms with Gasteiger partial charge in [0.1, 0.15) is 0 Å². The van der Waals surface area contributed by atoms with Crippen molar-refractivity contribution < 1.29 is 26.7 Å². The van der Waals surface area contributed by atoms with Gasteiger partial charge < -0.3 is 10.6 Å². The van der Waals surface area contributed by atoms with Crippen molar-refractivity contribution in [2.45, 2.75) is 56.8 Å².